The van der Waals surface area contributed by atoms with E-state index in [-0.39, 0.29) is 29.8 Å². The number of para-hydroxylation sites is 1. The second kappa shape index (κ2) is 7.97. The van der Waals surface area contributed by atoms with Crippen molar-refractivity contribution in [1.29, 1.82) is 0 Å². The lowest BCUT2D eigenvalue weighted by atomic mass is 10.1. The van der Waals surface area contributed by atoms with Crippen molar-refractivity contribution in [2.75, 3.05) is 44.3 Å². The van der Waals surface area contributed by atoms with Gasteiger partial charge in [0.05, 0.1) is 36.9 Å². The summed E-state index contributed by atoms with van der Waals surface area (Å²) in [6.07, 6.45) is -0.0773. The minimum absolute atomic E-state index is 0.0493. The van der Waals surface area contributed by atoms with Crippen molar-refractivity contribution in [3.63, 3.8) is 0 Å². The van der Waals surface area contributed by atoms with Crippen LogP contribution in [-0.2, 0) is 14.8 Å². The van der Waals surface area contributed by atoms with Crippen LogP contribution in [-0.4, -0.2) is 63.1 Å². The first-order chi connectivity index (χ1) is 13.9. The van der Waals surface area contributed by atoms with Gasteiger partial charge in [-0.25, -0.2) is 8.42 Å². The predicted octanol–water partition coefficient (Wildman–Crippen LogP) is 1.88. The van der Waals surface area contributed by atoms with Gasteiger partial charge in [0, 0.05) is 25.2 Å². The molecule has 0 unspecified atom stereocenters. The molecule has 10 heteroatoms. The number of hydrogen-bond acceptors (Lipinski definition) is 7. The van der Waals surface area contributed by atoms with Crippen LogP contribution >= 0.6 is 0 Å². The van der Waals surface area contributed by atoms with E-state index in [1.165, 1.54) is 16.4 Å². The lowest BCUT2D eigenvalue weighted by molar-refractivity contribution is -0.385. The van der Waals surface area contributed by atoms with Crippen LogP contribution in [0.15, 0.2) is 53.4 Å². The molecule has 2 fully saturated rings. The van der Waals surface area contributed by atoms with Gasteiger partial charge in [-0.1, -0.05) is 18.2 Å². The minimum Gasteiger partial charge on any atom is -0.487 e. The zero-order valence-electron chi connectivity index (χ0n) is 15.6. The molecular weight excluding hydrogens is 398 g/mol. The lowest BCUT2D eigenvalue weighted by Gasteiger charge is -2.41. The summed E-state index contributed by atoms with van der Waals surface area (Å²) in [5.74, 6) is 0.752. The first kappa shape index (κ1) is 19.6. The molecule has 0 bridgehead atoms. The Kier molecular flexibility index (Phi) is 5.39. The molecule has 0 spiro atoms. The van der Waals surface area contributed by atoms with E-state index in [0.717, 1.165) is 11.8 Å². The topological polar surface area (TPSA) is 102 Å². The number of nitrogens with zero attached hydrogens (tertiary/aromatic N) is 3. The van der Waals surface area contributed by atoms with Crippen LogP contribution in [0.5, 0.6) is 5.75 Å². The molecule has 0 N–H and O–H groups in total. The van der Waals surface area contributed by atoms with Crippen LogP contribution in [0.1, 0.15) is 0 Å². The second-order valence-corrected chi connectivity index (χ2v) is 8.79. The first-order valence-corrected chi connectivity index (χ1v) is 10.7. The number of benzene rings is 2. The summed E-state index contributed by atoms with van der Waals surface area (Å²) in [4.78, 5) is 12.5. The number of ether oxygens (including phenoxy) is 2. The van der Waals surface area contributed by atoms with Crippen molar-refractivity contribution in [3.8, 4) is 5.75 Å². The van der Waals surface area contributed by atoms with Crippen LogP contribution in [0, 0.1) is 10.1 Å². The van der Waals surface area contributed by atoms with E-state index in [0.29, 0.717) is 32.0 Å². The highest BCUT2D eigenvalue weighted by atomic mass is 32.2. The average Bonchev–Trinajstić information content (AvgIpc) is 2.71. The van der Waals surface area contributed by atoms with Crippen molar-refractivity contribution in [2.45, 2.75) is 11.0 Å². The van der Waals surface area contributed by atoms with E-state index in [1.807, 2.05) is 35.2 Å². The van der Waals surface area contributed by atoms with Crippen LogP contribution in [0.3, 0.4) is 0 Å². The zero-order chi connectivity index (χ0) is 20.4. The Balaban J connectivity index is 1.58. The van der Waals surface area contributed by atoms with Crippen LogP contribution in [0.25, 0.3) is 0 Å². The Labute approximate surface area is 168 Å². The second-order valence-electron chi connectivity index (χ2n) is 6.88. The Morgan fingerprint density at radius 3 is 2.41 bits per heavy atom. The summed E-state index contributed by atoms with van der Waals surface area (Å²) in [7, 11) is -3.88. The number of non-ortho nitro benzene ring substituents is 1. The number of nitro groups is 1. The fourth-order valence-electron chi connectivity index (χ4n) is 3.41. The molecule has 2 aliphatic rings. The van der Waals surface area contributed by atoms with Gasteiger partial charge >= 0.3 is 0 Å². The summed E-state index contributed by atoms with van der Waals surface area (Å²) < 4.78 is 38.8. The molecule has 0 aliphatic carbocycles. The highest BCUT2D eigenvalue weighted by molar-refractivity contribution is 7.89. The molecule has 0 amide bonds. The van der Waals surface area contributed by atoms with Gasteiger partial charge in [-0.15, -0.1) is 0 Å². The summed E-state index contributed by atoms with van der Waals surface area (Å²) >= 11 is 0. The van der Waals surface area contributed by atoms with E-state index in [9.17, 15) is 18.5 Å². The molecule has 2 saturated heterocycles. The van der Waals surface area contributed by atoms with Crippen molar-refractivity contribution in [1.82, 2.24) is 4.31 Å². The summed E-state index contributed by atoms with van der Waals surface area (Å²) in [5.41, 5.74) is 0.202. The molecule has 0 atom stereocenters. The minimum atomic E-state index is -3.88. The summed E-state index contributed by atoms with van der Waals surface area (Å²) in [5, 5.41) is 11.2. The molecular formula is C19H21N3O6S. The smallest absolute Gasteiger partial charge is 0.270 e. The zero-order valence-corrected chi connectivity index (χ0v) is 16.5. The van der Waals surface area contributed by atoms with Gasteiger partial charge in [0.25, 0.3) is 5.69 Å². The monoisotopic (exact) mass is 419 g/mol. The molecule has 2 heterocycles. The largest absolute Gasteiger partial charge is 0.487 e. The Hall–Kier alpha value is -2.69. The number of anilines is 1. The third-order valence-corrected chi connectivity index (χ3v) is 6.90. The summed E-state index contributed by atoms with van der Waals surface area (Å²) in [6, 6.07) is 13.4. The molecule has 4 rings (SSSR count). The number of hydrogen-bond donors (Lipinski definition) is 0. The van der Waals surface area contributed by atoms with Gasteiger partial charge in [0.15, 0.2) is 0 Å². The van der Waals surface area contributed by atoms with Gasteiger partial charge in [-0.3, -0.25) is 10.1 Å². The molecule has 0 saturated carbocycles. The molecule has 2 aliphatic heterocycles. The maximum absolute atomic E-state index is 13.2. The van der Waals surface area contributed by atoms with Crippen LogP contribution in [0.4, 0.5) is 11.4 Å². The van der Waals surface area contributed by atoms with Crippen LogP contribution in [0.2, 0.25) is 0 Å². The number of sulfonamides is 1. The van der Waals surface area contributed by atoms with Gasteiger partial charge in [-0.05, 0) is 18.2 Å². The van der Waals surface area contributed by atoms with Gasteiger partial charge in [0.2, 0.25) is 10.0 Å². The Bertz CT molecular complexity index is 986. The van der Waals surface area contributed by atoms with Crippen molar-refractivity contribution < 1.29 is 22.8 Å². The quantitative estimate of drug-likeness (QED) is 0.520. The van der Waals surface area contributed by atoms with E-state index in [1.54, 1.807) is 0 Å². The van der Waals surface area contributed by atoms with Crippen LogP contribution < -0.4 is 9.64 Å². The SMILES string of the molecule is O=[N+]([O-])c1ccc(N2CC(Oc3ccccc3)C2)c(S(=O)(=O)N2CCOCC2)c1. The number of morpholine rings is 1. The van der Waals surface area contributed by atoms with Gasteiger partial charge < -0.3 is 14.4 Å². The fourth-order valence-corrected chi connectivity index (χ4v) is 5.05. The van der Waals surface area contributed by atoms with Crippen molar-refractivity contribution in [3.05, 3.63) is 58.6 Å². The highest BCUT2D eigenvalue weighted by Gasteiger charge is 2.36. The third kappa shape index (κ3) is 4.04. The molecule has 2 aromatic carbocycles. The maximum atomic E-state index is 13.2. The molecule has 154 valence electrons. The highest BCUT2D eigenvalue weighted by Crippen LogP contribution is 2.35. The van der Waals surface area contributed by atoms with Gasteiger partial charge in [0.1, 0.15) is 16.7 Å². The standard InChI is InChI=1S/C19H21N3O6S/c23-22(24)15-6-7-18(19(12-15)29(25,26)21-8-10-27-11-9-21)20-13-17(14-20)28-16-4-2-1-3-5-16/h1-7,12,17H,8-11,13-14H2. The molecule has 0 radical (unpaired) electrons. The molecule has 2 aromatic rings. The van der Waals surface area contributed by atoms with Crippen molar-refractivity contribution >= 4 is 21.4 Å². The summed E-state index contributed by atoms with van der Waals surface area (Å²) in [6.45, 7) is 2.06. The number of rotatable bonds is 6. The van der Waals surface area contributed by atoms with E-state index in [4.69, 9.17) is 9.47 Å². The molecule has 0 aromatic heterocycles. The predicted molar refractivity (Wildman–Crippen MR) is 106 cm³/mol. The normalized spacial score (nSPS) is 18.3. The first-order valence-electron chi connectivity index (χ1n) is 9.28. The van der Waals surface area contributed by atoms with E-state index >= 15 is 0 Å². The van der Waals surface area contributed by atoms with Crippen molar-refractivity contribution in [2.24, 2.45) is 0 Å². The third-order valence-electron chi connectivity index (χ3n) is 4.98. The van der Waals surface area contributed by atoms with E-state index in [2.05, 4.69) is 0 Å². The maximum Gasteiger partial charge on any atom is 0.270 e. The lowest BCUT2D eigenvalue weighted by Crippen LogP contribution is -2.54. The number of nitro benzene ring substituents is 1. The fraction of sp³-hybridized carbons (Fsp3) is 0.368. The van der Waals surface area contributed by atoms with Gasteiger partial charge in [-0.2, -0.15) is 4.31 Å². The average molecular weight is 419 g/mol. The Morgan fingerprint density at radius 2 is 1.76 bits per heavy atom. The molecule has 9 nitrogen and oxygen atoms in total. The molecule has 29 heavy (non-hydrogen) atoms. The Morgan fingerprint density at radius 1 is 1.07 bits per heavy atom. The van der Waals surface area contributed by atoms with E-state index < -0.39 is 14.9 Å².